The molecule has 0 amide bonds. The minimum Gasteiger partial charge on any atom is -0.461 e. The number of hydrogen-bond donors (Lipinski definition) is 0. The van der Waals surface area contributed by atoms with Gasteiger partial charge in [0.05, 0.1) is 6.07 Å². The van der Waals surface area contributed by atoms with E-state index in [1.165, 1.54) is 19.3 Å². The Morgan fingerprint density at radius 2 is 1.55 bits per heavy atom. The molecule has 2 heterocycles. The van der Waals surface area contributed by atoms with Crippen LogP contribution in [0.25, 0.3) is 0 Å². The quantitative estimate of drug-likeness (QED) is 0.276. The molecule has 0 aliphatic carbocycles. The van der Waals surface area contributed by atoms with E-state index in [9.17, 15) is 17.3 Å². The van der Waals surface area contributed by atoms with Crippen LogP contribution in [0.4, 0.5) is 17.3 Å². The van der Waals surface area contributed by atoms with Crippen LogP contribution in [-0.4, -0.2) is 20.3 Å². The molecule has 0 N–H and O–H groups in total. The molecule has 2 nitrogen and oxygen atoms in total. The molecule has 1 fully saturated rings. The summed E-state index contributed by atoms with van der Waals surface area (Å²) in [5.74, 6) is 1.14. The Bertz CT molecular complexity index is 555. The van der Waals surface area contributed by atoms with Gasteiger partial charge in [0.25, 0.3) is 0 Å². The summed E-state index contributed by atoms with van der Waals surface area (Å²) < 4.78 is 45.3. The second-order valence-corrected chi connectivity index (χ2v) is 7.11. The number of nitrogens with zero attached hydrogens (tertiary/aromatic N) is 1. The van der Waals surface area contributed by atoms with Crippen LogP contribution in [-0.2, 0) is 3.79 Å². The Labute approximate surface area is 140 Å². The summed E-state index contributed by atoms with van der Waals surface area (Å²) >= 11 is 17.6. The Balaban J connectivity index is 0.000000422. The van der Waals surface area contributed by atoms with Gasteiger partial charge in [0, 0.05) is 18.9 Å². The van der Waals surface area contributed by atoms with Crippen molar-refractivity contribution in [2.45, 2.75) is 30.0 Å². The fourth-order valence-corrected chi connectivity index (χ4v) is 2.37. The molecule has 0 unspecified atom stereocenters. The van der Waals surface area contributed by atoms with Crippen LogP contribution in [0.3, 0.4) is 0 Å². The lowest BCUT2D eigenvalue weighted by Gasteiger charge is -2.12. The summed E-state index contributed by atoms with van der Waals surface area (Å²) in [6.07, 6.45) is 3.73. The molecule has 1 aliphatic heterocycles. The van der Waals surface area contributed by atoms with Crippen molar-refractivity contribution >= 4 is 42.1 Å². The van der Waals surface area contributed by atoms with E-state index < -0.39 is 11.0 Å². The summed E-state index contributed by atoms with van der Waals surface area (Å²) in [5.41, 5.74) is 0. The summed E-state index contributed by atoms with van der Waals surface area (Å²) in [6, 6.07) is 3.82. The van der Waals surface area contributed by atoms with E-state index in [2.05, 4.69) is 4.58 Å². The van der Waals surface area contributed by atoms with Gasteiger partial charge in [-0.2, -0.15) is 0 Å². The zero-order valence-corrected chi connectivity index (χ0v) is 14.0. The number of rotatable bonds is 0. The van der Waals surface area contributed by atoms with Crippen molar-refractivity contribution in [1.29, 1.82) is 0 Å². The van der Waals surface area contributed by atoms with Crippen molar-refractivity contribution < 1.29 is 21.7 Å². The molecular weight excluding hydrogens is 367 g/mol. The van der Waals surface area contributed by atoms with Gasteiger partial charge in [-0.25, -0.2) is 4.58 Å². The molecule has 2 rings (SSSR count). The van der Waals surface area contributed by atoms with E-state index in [0.29, 0.717) is 5.76 Å². The van der Waals surface area contributed by atoms with E-state index in [-0.39, 0.29) is 0 Å². The van der Waals surface area contributed by atoms with Crippen LogP contribution in [0, 0.1) is 6.92 Å². The first kappa shape index (κ1) is 19.7. The molecule has 0 atom stereocenters. The number of hydrogen-bond acceptors (Lipinski definition) is 1. The maximum Gasteiger partial charge on any atom is 0.673 e. The highest BCUT2D eigenvalue weighted by atomic mass is 35.6. The molecule has 0 aromatic carbocycles. The average Bonchev–Trinajstić information content (AvgIpc) is 2.36. The maximum atomic E-state index is 9.75. The van der Waals surface area contributed by atoms with Crippen molar-refractivity contribution in [3.8, 4) is 0 Å². The fourth-order valence-electron chi connectivity index (χ4n) is 2.09. The lowest BCUT2D eigenvalue weighted by atomic mass is 10.1. The van der Waals surface area contributed by atoms with Gasteiger partial charge in [-0.3, -0.25) is 0 Å². The predicted molar refractivity (Wildman–Crippen MR) is 81.7 cm³/mol. The van der Waals surface area contributed by atoms with E-state index in [1.807, 2.05) is 19.1 Å². The highest BCUT2D eigenvalue weighted by Crippen LogP contribution is 2.37. The highest BCUT2D eigenvalue weighted by Gasteiger charge is 2.27. The molecule has 0 radical (unpaired) electrons. The van der Waals surface area contributed by atoms with E-state index in [1.54, 1.807) is 0 Å². The van der Waals surface area contributed by atoms with Crippen molar-refractivity contribution in [3.05, 3.63) is 29.0 Å². The Morgan fingerprint density at radius 3 is 2.00 bits per heavy atom. The highest BCUT2D eigenvalue weighted by molar-refractivity contribution is 6.66. The van der Waals surface area contributed by atoms with Gasteiger partial charge in [0.15, 0.2) is 5.76 Å². The lowest BCUT2D eigenvalue weighted by Crippen LogP contribution is -2.35. The van der Waals surface area contributed by atoms with Crippen molar-refractivity contribution in [2.24, 2.45) is 0 Å². The molecule has 0 spiro atoms. The van der Waals surface area contributed by atoms with Gasteiger partial charge in [-0.1, -0.05) is 34.8 Å². The standard InChI is InChI=1S/C12H15Cl3NO.BF4/c1-9-7-10(16-5-3-2-4-6-16)8-11(17-9)12(13,14)15;2-1(3,4)5/h7-8H,2-6H2,1H3;/q+1;-1. The van der Waals surface area contributed by atoms with Gasteiger partial charge < -0.3 is 21.7 Å². The van der Waals surface area contributed by atoms with Gasteiger partial charge in [0.2, 0.25) is 9.15 Å². The van der Waals surface area contributed by atoms with Gasteiger partial charge >= 0.3 is 7.25 Å². The van der Waals surface area contributed by atoms with Crippen molar-refractivity contribution in [3.63, 3.8) is 0 Å². The van der Waals surface area contributed by atoms with Crippen molar-refractivity contribution in [2.75, 3.05) is 13.1 Å². The Kier molecular flexibility index (Phi) is 7.08. The van der Waals surface area contributed by atoms with Crippen LogP contribution >= 0.6 is 34.8 Å². The zero-order chi connectivity index (χ0) is 17.0. The molecule has 1 aromatic rings. The molecule has 10 heteroatoms. The Morgan fingerprint density at radius 1 is 1.05 bits per heavy atom. The molecule has 126 valence electrons. The van der Waals surface area contributed by atoms with Gasteiger partial charge in [0.1, 0.15) is 18.8 Å². The first-order valence-corrected chi connectivity index (χ1v) is 7.74. The second-order valence-electron chi connectivity index (χ2n) is 4.83. The van der Waals surface area contributed by atoms with E-state index in [0.717, 1.165) is 24.2 Å². The molecule has 0 bridgehead atoms. The monoisotopic (exact) mass is 381 g/mol. The normalized spacial score (nSPS) is 16.1. The number of aryl methyl sites for hydroxylation is 1. The maximum absolute atomic E-state index is 9.75. The van der Waals surface area contributed by atoms with Crippen LogP contribution in [0.1, 0.15) is 30.8 Å². The number of halogens is 7. The SMILES string of the molecule is Cc1cc(=[N+]2CCCCC2)cc(C(Cl)(Cl)Cl)o1.F[B-](F)(F)F. The summed E-state index contributed by atoms with van der Waals surface area (Å²) in [4.78, 5) is 0. The molecule has 1 saturated heterocycles. The topological polar surface area (TPSA) is 16.1 Å². The first-order valence-electron chi connectivity index (χ1n) is 6.61. The lowest BCUT2D eigenvalue weighted by molar-refractivity contribution is 0.368. The third kappa shape index (κ3) is 7.74. The molecular formula is C12H15BCl3F4NO. The molecule has 22 heavy (non-hydrogen) atoms. The van der Waals surface area contributed by atoms with Crippen LogP contribution in [0.15, 0.2) is 16.5 Å². The first-order chi connectivity index (χ1) is 9.97. The van der Waals surface area contributed by atoms with Crippen LogP contribution in [0.5, 0.6) is 0 Å². The summed E-state index contributed by atoms with van der Waals surface area (Å²) in [6.45, 7) is 3.98. The predicted octanol–water partition coefficient (Wildman–Crippen LogP) is 4.67. The van der Waals surface area contributed by atoms with E-state index in [4.69, 9.17) is 39.2 Å². The van der Waals surface area contributed by atoms with Crippen LogP contribution in [0.2, 0.25) is 0 Å². The smallest absolute Gasteiger partial charge is 0.461 e. The zero-order valence-electron chi connectivity index (χ0n) is 11.8. The van der Waals surface area contributed by atoms with Crippen molar-refractivity contribution in [1.82, 2.24) is 4.58 Å². The third-order valence-corrected chi connectivity index (χ3v) is 3.46. The fraction of sp³-hybridized carbons (Fsp3) is 0.583. The molecule has 1 aromatic heterocycles. The minimum atomic E-state index is -6.00. The largest absolute Gasteiger partial charge is 0.673 e. The van der Waals surface area contributed by atoms with E-state index >= 15 is 0 Å². The molecule has 0 saturated carbocycles. The third-order valence-electron chi connectivity index (χ3n) is 2.90. The summed E-state index contributed by atoms with van der Waals surface area (Å²) in [7, 11) is -6.00. The Hall–Kier alpha value is -0.395. The number of alkyl halides is 3. The average molecular weight is 382 g/mol. The van der Waals surface area contributed by atoms with Gasteiger partial charge in [-0.05, 0) is 13.3 Å². The summed E-state index contributed by atoms with van der Waals surface area (Å²) in [5, 5.41) is 1.08. The second kappa shape index (κ2) is 7.93. The van der Waals surface area contributed by atoms with Crippen LogP contribution < -0.4 is 9.93 Å². The minimum absolute atomic E-state index is 0.378. The van der Waals surface area contributed by atoms with Gasteiger partial charge in [-0.15, -0.1) is 0 Å². The molecule has 1 aliphatic rings. The number of piperidine rings is 1.